The molecule has 1 fully saturated rings. The van der Waals surface area contributed by atoms with Crippen molar-refractivity contribution in [2.75, 3.05) is 26.7 Å². The molecule has 156 valence electrons. The number of rotatable bonds is 7. The Morgan fingerprint density at radius 3 is 2.39 bits per heavy atom. The number of hydrogen-bond donors (Lipinski definition) is 2. The highest BCUT2D eigenvalue weighted by Gasteiger charge is 2.32. The Balaban J connectivity index is 1.84. The Morgan fingerprint density at radius 1 is 1.25 bits per heavy atom. The lowest BCUT2D eigenvalue weighted by Gasteiger charge is -2.37. The molecule has 1 aliphatic rings. The first-order valence-electron chi connectivity index (χ1n) is 10.3. The first-order chi connectivity index (χ1) is 13.2. The molecule has 0 spiro atoms. The van der Waals surface area contributed by atoms with Gasteiger partial charge in [-0.2, -0.15) is 0 Å². The Hall–Kier alpha value is -2.08. The number of carbonyl (C=O) groups excluding carboxylic acids is 2. The maximum atomic E-state index is 12.7. The quantitative estimate of drug-likeness (QED) is 0.754. The van der Waals surface area contributed by atoms with Crippen molar-refractivity contribution in [3.05, 3.63) is 35.9 Å². The monoisotopic (exact) mass is 388 g/mol. The van der Waals surface area contributed by atoms with Crippen molar-refractivity contribution in [3.63, 3.8) is 0 Å². The van der Waals surface area contributed by atoms with Gasteiger partial charge >= 0.3 is 6.03 Å². The van der Waals surface area contributed by atoms with Gasteiger partial charge in [0, 0.05) is 44.7 Å². The van der Waals surface area contributed by atoms with E-state index in [2.05, 4.69) is 19.2 Å². The fourth-order valence-corrected chi connectivity index (χ4v) is 3.99. The van der Waals surface area contributed by atoms with Crippen molar-refractivity contribution in [1.82, 2.24) is 15.1 Å². The van der Waals surface area contributed by atoms with E-state index < -0.39 is 0 Å². The summed E-state index contributed by atoms with van der Waals surface area (Å²) in [5.41, 5.74) is 6.66. The summed E-state index contributed by atoms with van der Waals surface area (Å²) < 4.78 is 0. The van der Waals surface area contributed by atoms with E-state index in [9.17, 15) is 9.59 Å². The predicted molar refractivity (Wildman–Crippen MR) is 113 cm³/mol. The minimum absolute atomic E-state index is 0.0225. The second-order valence-corrected chi connectivity index (χ2v) is 8.74. The van der Waals surface area contributed by atoms with Crippen LogP contribution in [0.5, 0.6) is 0 Å². The summed E-state index contributed by atoms with van der Waals surface area (Å²) >= 11 is 0. The van der Waals surface area contributed by atoms with Crippen molar-refractivity contribution < 1.29 is 9.59 Å². The molecule has 28 heavy (non-hydrogen) atoms. The van der Waals surface area contributed by atoms with Crippen molar-refractivity contribution in [2.24, 2.45) is 17.6 Å². The Kier molecular flexibility index (Phi) is 7.87. The molecule has 1 unspecified atom stereocenters. The number of benzene rings is 1. The maximum Gasteiger partial charge on any atom is 0.320 e. The van der Waals surface area contributed by atoms with Gasteiger partial charge in [0.15, 0.2) is 0 Å². The van der Waals surface area contributed by atoms with E-state index in [-0.39, 0.29) is 23.4 Å². The van der Waals surface area contributed by atoms with Crippen molar-refractivity contribution in [1.29, 1.82) is 0 Å². The summed E-state index contributed by atoms with van der Waals surface area (Å²) in [7, 11) is 1.83. The second kappa shape index (κ2) is 9.92. The molecule has 1 aromatic rings. The Morgan fingerprint density at radius 2 is 1.86 bits per heavy atom. The predicted octanol–water partition coefficient (Wildman–Crippen LogP) is 2.83. The highest BCUT2D eigenvalue weighted by molar-refractivity contribution is 5.80. The lowest BCUT2D eigenvalue weighted by Crippen LogP contribution is -2.55. The van der Waals surface area contributed by atoms with Crippen LogP contribution in [-0.2, 0) is 11.3 Å². The summed E-state index contributed by atoms with van der Waals surface area (Å²) in [6.45, 7) is 8.52. The molecule has 6 nitrogen and oxygen atoms in total. The smallest absolute Gasteiger partial charge is 0.320 e. The van der Waals surface area contributed by atoms with E-state index in [0.29, 0.717) is 44.9 Å². The molecule has 0 saturated carbocycles. The van der Waals surface area contributed by atoms with Crippen molar-refractivity contribution in [3.8, 4) is 0 Å². The Labute approximate surface area is 169 Å². The SMILES string of the molecule is CC(C)CC(C)(CN)NC(=O)C1CCN(C(=O)N(C)Cc2ccccc2)CC1. The van der Waals surface area contributed by atoms with E-state index in [1.165, 1.54) is 0 Å². The third kappa shape index (κ3) is 6.23. The number of amides is 3. The molecule has 1 aliphatic heterocycles. The van der Waals surface area contributed by atoms with E-state index >= 15 is 0 Å². The molecule has 6 heteroatoms. The number of hydrogen-bond acceptors (Lipinski definition) is 3. The molecule has 0 aliphatic carbocycles. The maximum absolute atomic E-state index is 12.7. The van der Waals surface area contributed by atoms with E-state index in [0.717, 1.165) is 12.0 Å². The number of likely N-dealkylation sites (tertiary alicyclic amines) is 1. The number of nitrogens with two attached hydrogens (primary N) is 1. The minimum atomic E-state index is -0.367. The van der Waals surface area contributed by atoms with Gasteiger partial charge in [-0.05, 0) is 37.7 Å². The Bertz CT molecular complexity index is 641. The number of urea groups is 1. The van der Waals surface area contributed by atoms with Crippen LogP contribution in [0.15, 0.2) is 30.3 Å². The zero-order valence-electron chi connectivity index (χ0n) is 17.8. The molecule has 2 rings (SSSR count). The third-order valence-corrected chi connectivity index (χ3v) is 5.46. The first kappa shape index (κ1) is 22.2. The van der Waals surface area contributed by atoms with E-state index in [1.807, 2.05) is 49.2 Å². The topological polar surface area (TPSA) is 78.7 Å². The van der Waals surface area contributed by atoms with Crippen molar-refractivity contribution in [2.45, 2.75) is 52.1 Å². The largest absolute Gasteiger partial charge is 0.349 e. The van der Waals surface area contributed by atoms with Gasteiger partial charge < -0.3 is 20.9 Å². The van der Waals surface area contributed by atoms with Crippen LogP contribution in [0.2, 0.25) is 0 Å². The van der Waals surface area contributed by atoms with E-state index in [1.54, 1.807) is 4.90 Å². The molecular formula is C22H36N4O2. The highest BCUT2D eigenvalue weighted by Crippen LogP contribution is 2.22. The number of carbonyl (C=O) groups is 2. The molecule has 3 amide bonds. The molecular weight excluding hydrogens is 352 g/mol. The molecule has 1 heterocycles. The summed E-state index contributed by atoms with van der Waals surface area (Å²) in [5.74, 6) is 0.480. The minimum Gasteiger partial charge on any atom is -0.349 e. The van der Waals surface area contributed by atoms with Crippen LogP contribution < -0.4 is 11.1 Å². The van der Waals surface area contributed by atoms with Crippen LogP contribution in [0.3, 0.4) is 0 Å². The molecule has 0 radical (unpaired) electrons. The van der Waals surface area contributed by atoms with Gasteiger partial charge in [0.1, 0.15) is 0 Å². The normalized spacial score (nSPS) is 17.3. The highest BCUT2D eigenvalue weighted by atomic mass is 16.2. The van der Waals surface area contributed by atoms with Gasteiger partial charge in [-0.15, -0.1) is 0 Å². The van der Waals surface area contributed by atoms with Crippen LogP contribution in [0, 0.1) is 11.8 Å². The number of piperidine rings is 1. The molecule has 1 atom stereocenters. The number of nitrogens with one attached hydrogen (secondary N) is 1. The van der Waals surface area contributed by atoms with Gasteiger partial charge in [-0.1, -0.05) is 44.2 Å². The zero-order chi connectivity index (χ0) is 20.7. The van der Waals surface area contributed by atoms with Crippen LogP contribution in [0.1, 0.15) is 45.6 Å². The first-order valence-corrected chi connectivity index (χ1v) is 10.3. The van der Waals surface area contributed by atoms with Gasteiger partial charge in [-0.3, -0.25) is 4.79 Å². The summed E-state index contributed by atoms with van der Waals surface area (Å²) in [6.07, 6.45) is 2.25. The fourth-order valence-electron chi connectivity index (χ4n) is 3.99. The van der Waals surface area contributed by atoms with Gasteiger partial charge in [0.25, 0.3) is 0 Å². The lowest BCUT2D eigenvalue weighted by molar-refractivity contribution is -0.128. The summed E-state index contributed by atoms with van der Waals surface area (Å²) in [4.78, 5) is 29.0. The molecule has 0 aromatic heterocycles. The molecule has 0 bridgehead atoms. The van der Waals surface area contributed by atoms with Crippen LogP contribution >= 0.6 is 0 Å². The third-order valence-electron chi connectivity index (χ3n) is 5.46. The second-order valence-electron chi connectivity index (χ2n) is 8.74. The van der Waals surface area contributed by atoms with Gasteiger partial charge in [-0.25, -0.2) is 4.79 Å². The van der Waals surface area contributed by atoms with Crippen LogP contribution in [0.25, 0.3) is 0 Å². The van der Waals surface area contributed by atoms with Crippen molar-refractivity contribution >= 4 is 11.9 Å². The summed E-state index contributed by atoms with van der Waals surface area (Å²) in [5, 5.41) is 3.17. The average molecular weight is 389 g/mol. The zero-order valence-corrected chi connectivity index (χ0v) is 17.8. The van der Waals surface area contributed by atoms with Gasteiger partial charge in [0.2, 0.25) is 5.91 Å². The van der Waals surface area contributed by atoms with E-state index in [4.69, 9.17) is 5.73 Å². The summed E-state index contributed by atoms with van der Waals surface area (Å²) in [6, 6.07) is 9.99. The fraction of sp³-hybridized carbons (Fsp3) is 0.636. The molecule has 1 saturated heterocycles. The average Bonchev–Trinajstić information content (AvgIpc) is 2.67. The standard InChI is InChI=1S/C22H36N4O2/c1-17(2)14-22(3,16-23)24-20(27)19-10-12-26(13-11-19)21(28)25(4)15-18-8-6-5-7-9-18/h5-9,17,19H,10-16,23H2,1-4H3,(H,24,27). The van der Waals surface area contributed by atoms with Gasteiger partial charge in [0.05, 0.1) is 0 Å². The van der Waals surface area contributed by atoms with Crippen LogP contribution in [0.4, 0.5) is 4.79 Å². The van der Waals surface area contributed by atoms with Crippen LogP contribution in [-0.4, -0.2) is 54.0 Å². The molecule has 1 aromatic carbocycles. The lowest BCUT2D eigenvalue weighted by atomic mass is 9.88. The number of nitrogens with zero attached hydrogens (tertiary/aromatic N) is 2. The molecule has 3 N–H and O–H groups in total.